The van der Waals surface area contributed by atoms with Crippen molar-refractivity contribution >= 4 is 28.6 Å². The molecule has 0 amide bonds. The summed E-state index contributed by atoms with van der Waals surface area (Å²) in [6.07, 6.45) is 5.42. The third kappa shape index (κ3) is 4.90. The molecule has 3 nitrogen and oxygen atoms in total. The highest BCUT2D eigenvalue weighted by Crippen LogP contribution is 2.62. The van der Waals surface area contributed by atoms with Gasteiger partial charge in [0.25, 0.3) is 0 Å². The number of benzene rings is 8. The van der Waals surface area contributed by atoms with Crippen molar-refractivity contribution in [1.29, 1.82) is 0 Å². The first-order valence-corrected chi connectivity index (χ1v) is 20.3. The molecule has 0 saturated carbocycles. The zero-order valence-electron chi connectivity index (χ0n) is 30.9. The summed E-state index contributed by atoms with van der Waals surface area (Å²) >= 11 is 1.87. The van der Waals surface area contributed by atoms with Gasteiger partial charge in [-0.3, -0.25) is 0 Å². The number of hydrogen-bond acceptors (Lipinski definition) is 4. The Bertz CT molecular complexity index is 3100. The van der Waals surface area contributed by atoms with Gasteiger partial charge in [0.05, 0.1) is 5.41 Å². The maximum Gasteiger partial charge on any atom is 0.164 e. The predicted molar refractivity (Wildman–Crippen MR) is 233 cm³/mol. The van der Waals surface area contributed by atoms with Crippen LogP contribution in [0.25, 0.3) is 73.3 Å². The van der Waals surface area contributed by atoms with Gasteiger partial charge in [0.1, 0.15) is 0 Å². The largest absolute Gasteiger partial charge is 0.208 e. The topological polar surface area (TPSA) is 38.7 Å². The third-order valence-corrected chi connectivity index (χ3v) is 13.1. The lowest BCUT2D eigenvalue weighted by Gasteiger charge is -2.39. The minimum absolute atomic E-state index is 0.390. The van der Waals surface area contributed by atoms with Crippen LogP contribution in [-0.4, -0.2) is 15.0 Å². The summed E-state index contributed by atoms with van der Waals surface area (Å²) in [5, 5.41) is 2.52. The van der Waals surface area contributed by atoms with Crippen LogP contribution >= 0.6 is 11.8 Å². The lowest BCUT2D eigenvalue weighted by Crippen LogP contribution is -2.31. The normalized spacial score (nSPS) is 13.9. The second-order valence-electron chi connectivity index (χ2n) is 15.1. The molecule has 0 radical (unpaired) electrons. The summed E-state index contributed by atoms with van der Waals surface area (Å²) in [4.78, 5) is 18.0. The van der Waals surface area contributed by atoms with E-state index in [-0.39, 0.29) is 0 Å². The van der Waals surface area contributed by atoms with Gasteiger partial charge in [-0.25, -0.2) is 15.0 Å². The molecule has 12 rings (SSSR count). The first kappa shape index (κ1) is 32.4. The average Bonchev–Trinajstić information content (AvgIpc) is 3.57. The number of rotatable bonds is 4. The van der Waals surface area contributed by atoms with E-state index >= 15 is 0 Å². The van der Waals surface area contributed by atoms with E-state index in [0.717, 1.165) is 34.2 Å². The van der Waals surface area contributed by atoms with Crippen molar-refractivity contribution in [2.24, 2.45) is 0 Å². The third-order valence-electron chi connectivity index (χ3n) is 12.0. The number of nitrogens with zero attached hydrogens (tertiary/aromatic N) is 3. The summed E-state index contributed by atoms with van der Waals surface area (Å²) in [5.74, 6) is 1.97. The molecule has 2 aliphatic carbocycles. The van der Waals surface area contributed by atoms with E-state index in [1.807, 2.05) is 30.0 Å². The molecule has 0 unspecified atom stereocenters. The molecule has 8 aromatic carbocycles. The van der Waals surface area contributed by atoms with Crippen LogP contribution in [0.15, 0.2) is 192 Å². The van der Waals surface area contributed by atoms with Gasteiger partial charge in [-0.05, 0) is 103 Å². The van der Waals surface area contributed by atoms with Gasteiger partial charge in [-0.15, -0.1) is 0 Å². The van der Waals surface area contributed by atoms with Crippen LogP contribution in [0.5, 0.6) is 0 Å². The Morgan fingerprint density at radius 1 is 0.421 bits per heavy atom. The summed E-state index contributed by atoms with van der Waals surface area (Å²) in [5.41, 5.74) is 15.3. The maximum atomic E-state index is 5.19. The minimum atomic E-state index is -0.390. The summed E-state index contributed by atoms with van der Waals surface area (Å²) in [6.45, 7) is 0. The first-order valence-electron chi connectivity index (χ1n) is 19.5. The van der Waals surface area contributed by atoms with Gasteiger partial charge in [0.15, 0.2) is 17.5 Å². The molecule has 0 saturated heterocycles. The molecule has 4 heteroatoms. The van der Waals surface area contributed by atoms with E-state index < -0.39 is 5.41 Å². The highest BCUT2D eigenvalue weighted by molar-refractivity contribution is 7.99. The van der Waals surface area contributed by atoms with Gasteiger partial charge in [-0.2, -0.15) is 0 Å². The summed E-state index contributed by atoms with van der Waals surface area (Å²) in [7, 11) is 0. The molecule has 266 valence electrons. The Hall–Kier alpha value is -6.88. The molecule has 3 aliphatic rings. The van der Waals surface area contributed by atoms with Gasteiger partial charge in [0.2, 0.25) is 0 Å². The monoisotopic (exact) mass is 743 g/mol. The quantitative estimate of drug-likeness (QED) is 0.180. The van der Waals surface area contributed by atoms with Gasteiger partial charge < -0.3 is 0 Å². The Balaban J connectivity index is 1.00. The van der Waals surface area contributed by atoms with E-state index in [1.165, 1.54) is 65.1 Å². The fourth-order valence-corrected chi connectivity index (χ4v) is 10.7. The number of hydrogen-bond donors (Lipinski definition) is 0. The molecule has 0 atom stereocenters. The van der Waals surface area contributed by atoms with E-state index in [0.29, 0.717) is 17.5 Å². The Kier molecular flexibility index (Phi) is 7.14. The van der Waals surface area contributed by atoms with Crippen molar-refractivity contribution < 1.29 is 0 Å². The molecule has 0 N–H and O–H groups in total. The highest BCUT2D eigenvalue weighted by atomic mass is 32.2. The highest BCUT2D eigenvalue weighted by Gasteiger charge is 2.50. The molecular weight excluding hydrogens is 711 g/mol. The molecule has 1 spiro atoms. The van der Waals surface area contributed by atoms with Crippen molar-refractivity contribution in [3.05, 3.63) is 215 Å². The van der Waals surface area contributed by atoms with Gasteiger partial charge in [0, 0.05) is 26.5 Å². The predicted octanol–water partition coefficient (Wildman–Crippen LogP) is 13.1. The lowest BCUT2D eigenvalue weighted by atomic mass is 9.67. The van der Waals surface area contributed by atoms with Crippen LogP contribution in [0, 0.1) is 0 Å². The Morgan fingerprint density at radius 2 is 1.04 bits per heavy atom. The molecule has 57 heavy (non-hydrogen) atoms. The Labute approximate surface area is 335 Å². The van der Waals surface area contributed by atoms with Gasteiger partial charge in [-0.1, -0.05) is 170 Å². The van der Waals surface area contributed by atoms with E-state index in [1.54, 1.807) is 0 Å². The van der Waals surface area contributed by atoms with Crippen molar-refractivity contribution in [3.63, 3.8) is 0 Å². The lowest BCUT2D eigenvalue weighted by molar-refractivity contribution is 0.722. The Morgan fingerprint density at radius 3 is 1.84 bits per heavy atom. The van der Waals surface area contributed by atoms with E-state index in [4.69, 9.17) is 15.0 Å². The van der Waals surface area contributed by atoms with Crippen molar-refractivity contribution in [3.8, 4) is 56.4 Å². The zero-order valence-corrected chi connectivity index (χ0v) is 31.7. The second-order valence-corrected chi connectivity index (χ2v) is 16.2. The van der Waals surface area contributed by atoms with E-state index in [9.17, 15) is 0 Å². The van der Waals surface area contributed by atoms with Crippen LogP contribution in [-0.2, 0) is 11.8 Å². The standard InChI is InChI=1S/C53H33N3S/c1-2-13-34(14-3-1)50-54-51(56-52(55-50)40-30-37-18-10-15-33-16-11-19-38(31-40)49(33)37)39-20-12-17-35(29-39)36-27-28-46-48(32-36)57-47-26-9-8-25-45(47)53(46)43-23-6-4-21-41(43)42-22-5-7-24-44(42)53/h1-15,17-32H,16H2. The molecule has 9 aromatic rings. The second kappa shape index (κ2) is 12.6. The molecule has 0 fully saturated rings. The van der Waals surface area contributed by atoms with Crippen LogP contribution in [0.3, 0.4) is 0 Å². The molecule has 1 aromatic heterocycles. The number of allylic oxidation sites excluding steroid dienone is 1. The van der Waals surface area contributed by atoms with Crippen LogP contribution < -0.4 is 0 Å². The molecule has 0 bridgehead atoms. The fraction of sp³-hybridized carbons (Fsp3) is 0.0377. The maximum absolute atomic E-state index is 5.19. The zero-order chi connectivity index (χ0) is 37.5. The van der Waals surface area contributed by atoms with Crippen LogP contribution in [0.4, 0.5) is 0 Å². The summed E-state index contributed by atoms with van der Waals surface area (Å²) in [6, 6.07) is 63.9. The molecule has 2 heterocycles. The molecular formula is C53H33N3S. The number of aromatic nitrogens is 3. The molecule has 1 aliphatic heterocycles. The average molecular weight is 744 g/mol. The van der Waals surface area contributed by atoms with Crippen molar-refractivity contribution in [2.75, 3.05) is 0 Å². The van der Waals surface area contributed by atoms with Crippen molar-refractivity contribution in [1.82, 2.24) is 15.0 Å². The minimum Gasteiger partial charge on any atom is -0.208 e. The smallest absolute Gasteiger partial charge is 0.164 e. The summed E-state index contributed by atoms with van der Waals surface area (Å²) < 4.78 is 0. The first-order chi connectivity index (χ1) is 28.2. The van der Waals surface area contributed by atoms with Crippen LogP contribution in [0.1, 0.15) is 33.4 Å². The van der Waals surface area contributed by atoms with E-state index in [2.05, 4.69) is 170 Å². The van der Waals surface area contributed by atoms with Crippen molar-refractivity contribution in [2.45, 2.75) is 21.6 Å². The van der Waals surface area contributed by atoms with Gasteiger partial charge >= 0.3 is 0 Å². The van der Waals surface area contributed by atoms with Crippen LogP contribution in [0.2, 0.25) is 0 Å². The number of fused-ring (bicyclic) bond motifs is 9. The SMILES string of the molecule is C1=Cc2cc(-c3nc(-c4ccccc4)nc(-c4cccc(-c5ccc6c(c5)Sc5ccccc5C65c6ccccc6-c6ccccc65)c4)n3)cc3cccc(c23)C1. The fourth-order valence-electron chi connectivity index (χ4n) is 9.51.